The summed E-state index contributed by atoms with van der Waals surface area (Å²) in [6.45, 7) is 0.495. The van der Waals surface area contributed by atoms with Crippen LogP contribution in [0.25, 0.3) is 0 Å². The number of hydrogen-bond acceptors (Lipinski definition) is 3. The minimum absolute atomic E-state index is 0.180. The van der Waals surface area contributed by atoms with Crippen LogP contribution >= 0.6 is 0 Å². The molecule has 1 aromatic carbocycles. The Balaban J connectivity index is 1.38. The van der Waals surface area contributed by atoms with Crippen molar-refractivity contribution in [1.82, 2.24) is 5.32 Å². The Kier molecular flexibility index (Phi) is 3.37. The van der Waals surface area contributed by atoms with E-state index in [4.69, 9.17) is 4.74 Å². The van der Waals surface area contributed by atoms with Crippen LogP contribution in [0.4, 0.5) is 4.79 Å². The van der Waals surface area contributed by atoms with E-state index < -0.39 is 0 Å². The summed E-state index contributed by atoms with van der Waals surface area (Å²) in [6.07, 6.45) is 4.36. The molecule has 0 spiro atoms. The van der Waals surface area contributed by atoms with Crippen LogP contribution in [-0.4, -0.2) is 22.9 Å². The van der Waals surface area contributed by atoms with E-state index in [1.165, 1.54) is 0 Å². The monoisotopic (exact) mass is 301 g/mol. The number of carbonyl (C=O) groups excluding carboxylic acids is 1. The van der Waals surface area contributed by atoms with Gasteiger partial charge >= 0.3 is 6.09 Å². The van der Waals surface area contributed by atoms with Crippen LogP contribution in [-0.2, 0) is 11.3 Å². The van der Waals surface area contributed by atoms with Gasteiger partial charge in [0.05, 0.1) is 6.10 Å². The average molecular weight is 301 g/mol. The second-order valence-corrected chi connectivity index (χ2v) is 7.37. The summed E-state index contributed by atoms with van der Waals surface area (Å²) in [5, 5.41) is 13.1. The molecular formula is C18H23NO3. The zero-order valence-corrected chi connectivity index (χ0v) is 12.7. The van der Waals surface area contributed by atoms with Gasteiger partial charge in [0.15, 0.2) is 0 Å². The maximum Gasteiger partial charge on any atom is 0.407 e. The molecule has 1 amide bonds. The number of rotatable bonds is 3. The van der Waals surface area contributed by atoms with Gasteiger partial charge < -0.3 is 15.2 Å². The van der Waals surface area contributed by atoms with E-state index in [9.17, 15) is 9.90 Å². The molecule has 4 aliphatic rings. The van der Waals surface area contributed by atoms with E-state index in [0.717, 1.165) is 37.7 Å². The zero-order chi connectivity index (χ0) is 15.2. The molecule has 118 valence electrons. The molecule has 4 fully saturated rings. The third-order valence-electron chi connectivity index (χ3n) is 5.76. The molecule has 2 N–H and O–H groups in total. The lowest BCUT2D eigenvalue weighted by molar-refractivity contribution is -0.175. The molecule has 5 rings (SSSR count). The highest BCUT2D eigenvalue weighted by atomic mass is 16.6. The molecule has 0 aromatic heterocycles. The summed E-state index contributed by atoms with van der Waals surface area (Å²) in [6, 6.07) is 9.86. The minimum Gasteiger partial charge on any atom is -0.443 e. The third kappa shape index (κ3) is 2.50. The predicted octanol–water partition coefficient (Wildman–Crippen LogP) is 2.85. The van der Waals surface area contributed by atoms with Crippen LogP contribution in [0.3, 0.4) is 0 Å². The van der Waals surface area contributed by atoms with Crippen LogP contribution in [0.5, 0.6) is 0 Å². The molecule has 22 heavy (non-hydrogen) atoms. The van der Waals surface area contributed by atoms with Crippen molar-refractivity contribution in [2.24, 2.45) is 17.8 Å². The summed E-state index contributed by atoms with van der Waals surface area (Å²) < 4.78 is 5.86. The number of aliphatic hydroxyl groups excluding tert-OH is 1. The van der Waals surface area contributed by atoms with Gasteiger partial charge in [-0.15, -0.1) is 0 Å². The number of nitrogens with one attached hydrogen (secondary N) is 1. The smallest absolute Gasteiger partial charge is 0.407 e. The highest BCUT2D eigenvalue weighted by Crippen LogP contribution is 2.57. The molecule has 0 heterocycles. The molecule has 2 unspecified atom stereocenters. The molecule has 0 aliphatic heterocycles. The van der Waals surface area contributed by atoms with Crippen molar-refractivity contribution in [2.75, 3.05) is 0 Å². The molecule has 4 saturated carbocycles. The summed E-state index contributed by atoms with van der Waals surface area (Å²) in [5.74, 6) is 1.28. The Morgan fingerprint density at radius 1 is 1.18 bits per heavy atom. The third-order valence-corrected chi connectivity index (χ3v) is 5.76. The van der Waals surface area contributed by atoms with Gasteiger partial charge in [-0.05, 0) is 55.4 Å². The Morgan fingerprint density at radius 3 is 2.55 bits per heavy atom. The van der Waals surface area contributed by atoms with Gasteiger partial charge in [-0.25, -0.2) is 4.79 Å². The van der Waals surface area contributed by atoms with Gasteiger partial charge in [-0.3, -0.25) is 0 Å². The van der Waals surface area contributed by atoms with Crippen LogP contribution in [0.2, 0.25) is 0 Å². The number of carbonyl (C=O) groups is 1. The number of amides is 1. The molecule has 4 nitrogen and oxygen atoms in total. The summed E-state index contributed by atoms with van der Waals surface area (Å²) in [4.78, 5) is 12.2. The lowest BCUT2D eigenvalue weighted by Crippen LogP contribution is -2.59. The lowest BCUT2D eigenvalue weighted by atomic mass is 9.53. The van der Waals surface area contributed by atoms with E-state index in [1.54, 1.807) is 0 Å². The summed E-state index contributed by atoms with van der Waals surface area (Å²) in [7, 11) is 0. The minimum atomic E-state index is -0.323. The van der Waals surface area contributed by atoms with E-state index in [2.05, 4.69) is 5.32 Å². The standard InChI is InChI=1S/C18H23NO3/c20-16-14-6-13-7-15(16)10-18(8-13,9-14)22-17(21)19-11-12-4-2-1-3-5-12/h1-5,13-16,20H,6-11H2,(H,19,21). The van der Waals surface area contributed by atoms with E-state index in [1.807, 2.05) is 30.3 Å². The normalized spacial score (nSPS) is 38.8. The van der Waals surface area contributed by atoms with Crippen LogP contribution in [0.15, 0.2) is 30.3 Å². The Hall–Kier alpha value is -1.55. The lowest BCUT2D eigenvalue weighted by Gasteiger charge is -2.57. The maximum absolute atomic E-state index is 12.2. The quantitative estimate of drug-likeness (QED) is 0.902. The van der Waals surface area contributed by atoms with E-state index in [0.29, 0.717) is 24.3 Å². The van der Waals surface area contributed by atoms with Crippen LogP contribution in [0, 0.1) is 17.8 Å². The SMILES string of the molecule is O=C(NCc1ccccc1)OC12CC3CC(C1)C(O)C(C3)C2. The molecular weight excluding hydrogens is 278 g/mol. The van der Waals surface area contributed by atoms with Crippen molar-refractivity contribution in [1.29, 1.82) is 0 Å². The molecule has 4 heteroatoms. The van der Waals surface area contributed by atoms with Crippen molar-refractivity contribution < 1.29 is 14.6 Å². The van der Waals surface area contributed by atoms with Gasteiger partial charge in [0.25, 0.3) is 0 Å². The van der Waals surface area contributed by atoms with Gasteiger partial charge in [0.1, 0.15) is 5.60 Å². The Bertz CT molecular complexity index is 543. The van der Waals surface area contributed by atoms with Crippen molar-refractivity contribution >= 4 is 6.09 Å². The number of hydrogen-bond donors (Lipinski definition) is 2. The number of benzene rings is 1. The van der Waals surface area contributed by atoms with E-state index in [-0.39, 0.29) is 17.8 Å². The molecule has 4 aliphatic carbocycles. The van der Waals surface area contributed by atoms with Gasteiger partial charge in [0.2, 0.25) is 0 Å². The fourth-order valence-corrected chi connectivity index (χ4v) is 5.05. The molecule has 1 aromatic rings. The van der Waals surface area contributed by atoms with Gasteiger partial charge in [0, 0.05) is 6.54 Å². The molecule has 2 atom stereocenters. The second-order valence-electron chi connectivity index (χ2n) is 7.37. The highest BCUT2D eigenvalue weighted by molar-refractivity contribution is 5.67. The number of ether oxygens (including phenoxy) is 1. The maximum atomic E-state index is 12.2. The second kappa shape index (κ2) is 5.27. The number of aliphatic hydroxyl groups is 1. The fraction of sp³-hybridized carbons (Fsp3) is 0.611. The van der Waals surface area contributed by atoms with Crippen LogP contribution < -0.4 is 5.32 Å². The van der Waals surface area contributed by atoms with Crippen molar-refractivity contribution in [2.45, 2.75) is 50.4 Å². The fourth-order valence-electron chi connectivity index (χ4n) is 5.05. The number of alkyl carbamates (subject to hydrolysis) is 1. The first-order valence-corrected chi connectivity index (χ1v) is 8.32. The predicted molar refractivity (Wildman–Crippen MR) is 82.1 cm³/mol. The van der Waals surface area contributed by atoms with Gasteiger partial charge in [-0.2, -0.15) is 0 Å². The Labute approximate surface area is 130 Å². The highest BCUT2D eigenvalue weighted by Gasteiger charge is 2.57. The Morgan fingerprint density at radius 2 is 1.86 bits per heavy atom. The van der Waals surface area contributed by atoms with E-state index >= 15 is 0 Å². The van der Waals surface area contributed by atoms with Crippen molar-refractivity contribution in [3.8, 4) is 0 Å². The molecule has 4 bridgehead atoms. The van der Waals surface area contributed by atoms with Crippen LogP contribution in [0.1, 0.15) is 37.7 Å². The molecule has 0 radical (unpaired) electrons. The van der Waals surface area contributed by atoms with Gasteiger partial charge in [-0.1, -0.05) is 30.3 Å². The first-order chi connectivity index (χ1) is 10.6. The van der Waals surface area contributed by atoms with Crippen molar-refractivity contribution in [3.63, 3.8) is 0 Å². The average Bonchev–Trinajstić information content (AvgIpc) is 2.50. The summed E-state index contributed by atoms with van der Waals surface area (Å²) >= 11 is 0. The largest absolute Gasteiger partial charge is 0.443 e. The van der Waals surface area contributed by atoms with Crippen molar-refractivity contribution in [3.05, 3.63) is 35.9 Å². The molecule has 0 saturated heterocycles. The first kappa shape index (κ1) is 14.1. The summed E-state index contributed by atoms with van der Waals surface area (Å²) in [5.41, 5.74) is 0.747. The topological polar surface area (TPSA) is 58.6 Å². The zero-order valence-electron chi connectivity index (χ0n) is 12.7. The first-order valence-electron chi connectivity index (χ1n) is 8.32.